The first kappa shape index (κ1) is 14.6. The van der Waals surface area contributed by atoms with Gasteiger partial charge in [-0.15, -0.1) is 0 Å². The second-order valence-electron chi connectivity index (χ2n) is 4.48. The third-order valence-corrected chi connectivity index (χ3v) is 3.27. The zero-order valence-corrected chi connectivity index (χ0v) is 11.8. The molecule has 4 heteroatoms. The molecule has 0 aliphatic carbocycles. The van der Waals surface area contributed by atoms with Crippen LogP contribution in [0, 0.1) is 5.92 Å². The zero-order valence-electron chi connectivity index (χ0n) is 11.8. The second kappa shape index (κ2) is 8.61. The minimum absolute atomic E-state index is 0.730. The Balaban J connectivity index is 2.21. The Bertz CT molecular complexity index is 326. The summed E-state index contributed by atoms with van der Waals surface area (Å²) in [4.78, 5) is 4.23. The Morgan fingerprint density at radius 1 is 1.17 bits per heavy atom. The number of guanidine groups is 1. The first-order valence-electron chi connectivity index (χ1n) is 6.85. The highest BCUT2D eigenvalue weighted by molar-refractivity contribution is 5.79. The minimum Gasteiger partial charge on any atom is -0.356 e. The van der Waals surface area contributed by atoms with Crippen LogP contribution >= 0.6 is 0 Å². The number of aromatic nitrogens is 1. The summed E-state index contributed by atoms with van der Waals surface area (Å²) in [5, 5.41) is 6.71. The lowest BCUT2D eigenvalue weighted by Gasteiger charge is -2.16. The van der Waals surface area contributed by atoms with Gasteiger partial charge in [-0.2, -0.15) is 0 Å². The predicted molar refractivity (Wildman–Crippen MR) is 77.9 cm³/mol. The van der Waals surface area contributed by atoms with Crippen LogP contribution in [0.25, 0.3) is 0 Å². The molecule has 0 fully saturated rings. The Labute approximate surface area is 110 Å². The molecule has 1 aromatic rings. The van der Waals surface area contributed by atoms with Crippen molar-refractivity contribution in [2.24, 2.45) is 10.9 Å². The van der Waals surface area contributed by atoms with Gasteiger partial charge in [0.1, 0.15) is 0 Å². The molecule has 0 unspecified atom stereocenters. The van der Waals surface area contributed by atoms with Crippen LogP contribution in [0.2, 0.25) is 0 Å². The Morgan fingerprint density at radius 3 is 2.39 bits per heavy atom. The topological polar surface area (TPSA) is 41.4 Å². The molecule has 0 amide bonds. The molecule has 0 aliphatic rings. The lowest BCUT2D eigenvalue weighted by Crippen LogP contribution is -2.40. The number of nitrogens with one attached hydrogen (secondary N) is 2. The highest BCUT2D eigenvalue weighted by Crippen LogP contribution is 2.04. The fourth-order valence-corrected chi connectivity index (χ4v) is 1.86. The summed E-state index contributed by atoms with van der Waals surface area (Å²) in [7, 11) is 1.82. The van der Waals surface area contributed by atoms with Crippen molar-refractivity contribution in [2.75, 3.05) is 20.1 Å². The van der Waals surface area contributed by atoms with Crippen LogP contribution in [0.3, 0.4) is 0 Å². The molecule has 1 aromatic heterocycles. The third-order valence-electron chi connectivity index (χ3n) is 3.27. The van der Waals surface area contributed by atoms with E-state index in [2.05, 4.69) is 46.4 Å². The predicted octanol–water partition coefficient (Wildman–Crippen LogP) is 2.09. The molecule has 4 nitrogen and oxygen atoms in total. The van der Waals surface area contributed by atoms with E-state index in [1.165, 1.54) is 12.8 Å². The van der Waals surface area contributed by atoms with Crippen LogP contribution in [0.4, 0.5) is 0 Å². The first-order valence-corrected chi connectivity index (χ1v) is 6.85. The third kappa shape index (κ3) is 5.25. The summed E-state index contributed by atoms with van der Waals surface area (Å²) in [6.45, 7) is 7.31. The van der Waals surface area contributed by atoms with Crippen molar-refractivity contribution in [1.82, 2.24) is 15.2 Å². The van der Waals surface area contributed by atoms with E-state index in [1.807, 2.05) is 19.2 Å². The highest BCUT2D eigenvalue weighted by atomic mass is 15.2. The molecule has 1 rings (SSSR count). The van der Waals surface area contributed by atoms with Crippen LogP contribution in [0.5, 0.6) is 0 Å². The van der Waals surface area contributed by atoms with E-state index in [0.717, 1.165) is 31.5 Å². The molecular formula is C14H26N4. The van der Waals surface area contributed by atoms with Crippen molar-refractivity contribution in [3.63, 3.8) is 0 Å². The number of nitrogens with zero attached hydrogens (tertiary/aromatic N) is 2. The summed E-state index contributed by atoms with van der Waals surface area (Å²) in [6.07, 6.45) is 6.57. The van der Waals surface area contributed by atoms with Gasteiger partial charge in [-0.05, 0) is 18.1 Å². The maximum absolute atomic E-state index is 4.23. The van der Waals surface area contributed by atoms with Crippen molar-refractivity contribution >= 4 is 5.96 Å². The van der Waals surface area contributed by atoms with Crippen LogP contribution < -0.4 is 10.6 Å². The van der Waals surface area contributed by atoms with Crippen LogP contribution in [-0.4, -0.2) is 30.7 Å². The molecule has 18 heavy (non-hydrogen) atoms. The molecule has 0 radical (unpaired) electrons. The van der Waals surface area contributed by atoms with Gasteiger partial charge < -0.3 is 15.2 Å². The van der Waals surface area contributed by atoms with E-state index in [-0.39, 0.29) is 0 Å². The fraction of sp³-hybridized carbons (Fsp3) is 0.643. The smallest absolute Gasteiger partial charge is 0.191 e. The van der Waals surface area contributed by atoms with Gasteiger partial charge in [0.25, 0.3) is 0 Å². The van der Waals surface area contributed by atoms with Gasteiger partial charge in [0.2, 0.25) is 0 Å². The monoisotopic (exact) mass is 250 g/mol. The molecule has 0 saturated carbocycles. The number of hydrogen-bond donors (Lipinski definition) is 2. The molecule has 102 valence electrons. The normalized spacial score (nSPS) is 11.9. The molecule has 0 aliphatic heterocycles. The molecule has 0 saturated heterocycles. The van der Waals surface area contributed by atoms with Crippen molar-refractivity contribution in [3.05, 3.63) is 24.5 Å². The van der Waals surface area contributed by atoms with E-state index < -0.39 is 0 Å². The van der Waals surface area contributed by atoms with Crippen molar-refractivity contribution in [1.29, 1.82) is 0 Å². The van der Waals surface area contributed by atoms with Gasteiger partial charge in [-0.25, -0.2) is 0 Å². The summed E-state index contributed by atoms with van der Waals surface area (Å²) in [6, 6.07) is 4.08. The molecule has 0 bridgehead atoms. The van der Waals surface area contributed by atoms with Crippen molar-refractivity contribution in [2.45, 2.75) is 33.2 Å². The second-order valence-corrected chi connectivity index (χ2v) is 4.48. The largest absolute Gasteiger partial charge is 0.356 e. The molecule has 2 N–H and O–H groups in total. The van der Waals surface area contributed by atoms with Gasteiger partial charge in [0.15, 0.2) is 5.96 Å². The van der Waals surface area contributed by atoms with Gasteiger partial charge in [0.05, 0.1) is 0 Å². The van der Waals surface area contributed by atoms with Crippen molar-refractivity contribution < 1.29 is 0 Å². The fourth-order valence-electron chi connectivity index (χ4n) is 1.86. The quantitative estimate of drug-likeness (QED) is 0.575. The summed E-state index contributed by atoms with van der Waals surface area (Å²) >= 11 is 0. The molecule has 0 atom stereocenters. The zero-order chi connectivity index (χ0) is 13.2. The Morgan fingerprint density at radius 2 is 1.83 bits per heavy atom. The van der Waals surface area contributed by atoms with Gasteiger partial charge in [0, 0.05) is 39.1 Å². The molecule has 0 spiro atoms. The van der Waals surface area contributed by atoms with E-state index >= 15 is 0 Å². The summed E-state index contributed by atoms with van der Waals surface area (Å²) < 4.78 is 2.15. The Kier molecular flexibility index (Phi) is 6.99. The van der Waals surface area contributed by atoms with Crippen LogP contribution in [-0.2, 0) is 6.54 Å². The average molecular weight is 250 g/mol. The lowest BCUT2D eigenvalue weighted by molar-refractivity contribution is 0.481. The van der Waals surface area contributed by atoms with Crippen LogP contribution in [0.15, 0.2) is 29.5 Å². The van der Waals surface area contributed by atoms with E-state index in [1.54, 1.807) is 0 Å². The van der Waals surface area contributed by atoms with E-state index in [0.29, 0.717) is 0 Å². The maximum atomic E-state index is 4.23. The standard InChI is InChI=1S/C14H26N4/c1-4-13(5-2)12-17-14(15-3)16-8-11-18-9-6-7-10-18/h6-7,9-10,13H,4-5,8,11-12H2,1-3H3,(H2,15,16,17). The summed E-state index contributed by atoms with van der Waals surface area (Å²) in [5.74, 6) is 1.63. The van der Waals surface area contributed by atoms with Gasteiger partial charge in [-0.3, -0.25) is 4.99 Å². The highest BCUT2D eigenvalue weighted by Gasteiger charge is 2.04. The summed E-state index contributed by atoms with van der Waals surface area (Å²) in [5.41, 5.74) is 0. The maximum Gasteiger partial charge on any atom is 0.191 e. The number of aliphatic imine (C=N–C) groups is 1. The van der Waals surface area contributed by atoms with Crippen LogP contribution in [0.1, 0.15) is 26.7 Å². The molecule has 1 heterocycles. The van der Waals surface area contributed by atoms with Crippen molar-refractivity contribution in [3.8, 4) is 0 Å². The number of hydrogen-bond acceptors (Lipinski definition) is 1. The molecular weight excluding hydrogens is 224 g/mol. The average Bonchev–Trinajstić information content (AvgIpc) is 2.91. The SMILES string of the molecule is CCC(CC)CNC(=NC)NCCn1cccc1. The minimum atomic E-state index is 0.730. The van der Waals surface area contributed by atoms with Gasteiger partial charge >= 0.3 is 0 Å². The number of rotatable bonds is 7. The van der Waals surface area contributed by atoms with Gasteiger partial charge in [-0.1, -0.05) is 26.7 Å². The van der Waals surface area contributed by atoms with E-state index in [4.69, 9.17) is 0 Å². The first-order chi connectivity index (χ1) is 8.80. The molecule has 0 aromatic carbocycles. The Hall–Kier alpha value is -1.45. The lowest BCUT2D eigenvalue weighted by atomic mass is 10.0. The van der Waals surface area contributed by atoms with E-state index in [9.17, 15) is 0 Å².